The van der Waals surface area contributed by atoms with E-state index in [-0.39, 0.29) is 11.5 Å². The molecule has 0 saturated carbocycles. The standard InChI is InChI=1S/C13H16O5S/c1-3-18-13(15)9-12(10(2)14)19(16,17)11-7-5-4-6-8-11/h4-8,12H,3,9H2,1-2H3. The molecule has 0 fully saturated rings. The summed E-state index contributed by atoms with van der Waals surface area (Å²) in [5.41, 5.74) is 0. The van der Waals surface area contributed by atoms with Gasteiger partial charge in [0.2, 0.25) is 0 Å². The Morgan fingerprint density at radius 3 is 2.26 bits per heavy atom. The van der Waals surface area contributed by atoms with E-state index in [0.29, 0.717) is 0 Å². The van der Waals surface area contributed by atoms with E-state index in [4.69, 9.17) is 4.74 Å². The minimum Gasteiger partial charge on any atom is -0.466 e. The Balaban J connectivity index is 3.06. The summed E-state index contributed by atoms with van der Waals surface area (Å²) in [7, 11) is -3.86. The van der Waals surface area contributed by atoms with Crippen molar-refractivity contribution in [2.75, 3.05) is 6.61 Å². The third-order valence-electron chi connectivity index (χ3n) is 2.56. The van der Waals surface area contributed by atoms with Crippen molar-refractivity contribution in [3.05, 3.63) is 30.3 Å². The molecule has 104 valence electrons. The summed E-state index contributed by atoms with van der Waals surface area (Å²) in [6.07, 6.45) is -0.458. The van der Waals surface area contributed by atoms with Gasteiger partial charge in [-0.2, -0.15) is 0 Å². The van der Waals surface area contributed by atoms with Crippen molar-refractivity contribution in [2.45, 2.75) is 30.4 Å². The van der Waals surface area contributed by atoms with Crippen LogP contribution >= 0.6 is 0 Å². The number of ether oxygens (including phenoxy) is 1. The number of benzene rings is 1. The molecule has 1 unspecified atom stereocenters. The lowest BCUT2D eigenvalue weighted by atomic mass is 10.2. The normalized spacial score (nSPS) is 12.7. The highest BCUT2D eigenvalue weighted by molar-refractivity contribution is 7.92. The molecule has 0 radical (unpaired) electrons. The van der Waals surface area contributed by atoms with Gasteiger partial charge in [0.15, 0.2) is 9.84 Å². The number of sulfone groups is 1. The minimum atomic E-state index is -3.86. The molecule has 0 aliphatic rings. The first-order valence-electron chi connectivity index (χ1n) is 5.84. The zero-order valence-electron chi connectivity index (χ0n) is 10.8. The lowest BCUT2D eigenvalue weighted by Gasteiger charge is -2.14. The minimum absolute atomic E-state index is 0.0273. The van der Waals surface area contributed by atoms with E-state index < -0.39 is 33.3 Å². The number of carbonyl (C=O) groups is 2. The second-order valence-corrected chi connectivity index (χ2v) is 6.10. The zero-order valence-corrected chi connectivity index (χ0v) is 11.6. The van der Waals surface area contributed by atoms with Crippen LogP contribution in [-0.4, -0.2) is 32.0 Å². The number of hydrogen-bond donors (Lipinski definition) is 0. The van der Waals surface area contributed by atoms with Crippen molar-refractivity contribution >= 4 is 21.6 Å². The fourth-order valence-electron chi connectivity index (χ4n) is 1.62. The van der Waals surface area contributed by atoms with E-state index in [0.717, 1.165) is 6.92 Å². The largest absolute Gasteiger partial charge is 0.466 e. The van der Waals surface area contributed by atoms with Crippen LogP contribution in [0.2, 0.25) is 0 Å². The molecule has 6 heteroatoms. The van der Waals surface area contributed by atoms with Gasteiger partial charge in [0.05, 0.1) is 17.9 Å². The fourth-order valence-corrected chi connectivity index (χ4v) is 3.28. The van der Waals surface area contributed by atoms with Crippen LogP contribution in [0.3, 0.4) is 0 Å². The SMILES string of the molecule is CCOC(=O)CC(C(C)=O)S(=O)(=O)c1ccccc1. The molecule has 0 N–H and O–H groups in total. The highest BCUT2D eigenvalue weighted by Crippen LogP contribution is 2.19. The van der Waals surface area contributed by atoms with E-state index >= 15 is 0 Å². The number of Topliss-reactive ketones (excluding diaryl/α,β-unsaturated/α-hetero) is 1. The van der Waals surface area contributed by atoms with Crippen molar-refractivity contribution in [3.8, 4) is 0 Å². The van der Waals surface area contributed by atoms with E-state index in [2.05, 4.69) is 0 Å². The van der Waals surface area contributed by atoms with Crippen molar-refractivity contribution in [1.29, 1.82) is 0 Å². The van der Waals surface area contributed by atoms with Crippen LogP contribution in [0.5, 0.6) is 0 Å². The zero-order chi connectivity index (χ0) is 14.5. The first-order valence-corrected chi connectivity index (χ1v) is 7.39. The summed E-state index contributed by atoms with van der Waals surface area (Å²) in [5.74, 6) is -1.26. The molecule has 0 bridgehead atoms. The van der Waals surface area contributed by atoms with Crippen molar-refractivity contribution in [3.63, 3.8) is 0 Å². The molecule has 0 spiro atoms. The summed E-state index contributed by atoms with van der Waals surface area (Å²) in [5, 5.41) is -1.39. The molecular weight excluding hydrogens is 268 g/mol. The van der Waals surface area contributed by atoms with Gasteiger partial charge in [-0.1, -0.05) is 18.2 Å². The number of rotatable bonds is 6. The number of carbonyl (C=O) groups excluding carboxylic acids is 2. The van der Waals surface area contributed by atoms with Gasteiger partial charge in [0.1, 0.15) is 11.0 Å². The quantitative estimate of drug-likeness (QED) is 0.737. The van der Waals surface area contributed by atoms with Crippen LogP contribution in [0.4, 0.5) is 0 Å². The third kappa shape index (κ3) is 3.89. The molecule has 0 amide bonds. The molecular formula is C13H16O5S. The Morgan fingerprint density at radius 2 is 1.79 bits per heavy atom. The average Bonchev–Trinajstić information content (AvgIpc) is 2.37. The lowest BCUT2D eigenvalue weighted by Crippen LogP contribution is -2.31. The first-order chi connectivity index (χ1) is 8.89. The molecule has 1 aromatic rings. The fraction of sp³-hybridized carbons (Fsp3) is 0.385. The first kappa shape index (κ1) is 15.4. The summed E-state index contributed by atoms with van der Waals surface area (Å²) in [6.45, 7) is 2.92. The molecule has 0 aliphatic heterocycles. The molecule has 1 rings (SSSR count). The number of ketones is 1. The van der Waals surface area contributed by atoms with Crippen LogP contribution in [-0.2, 0) is 24.2 Å². The monoisotopic (exact) mass is 284 g/mol. The third-order valence-corrected chi connectivity index (χ3v) is 4.73. The smallest absolute Gasteiger partial charge is 0.307 e. The van der Waals surface area contributed by atoms with Crippen molar-refractivity contribution in [1.82, 2.24) is 0 Å². The van der Waals surface area contributed by atoms with E-state index in [9.17, 15) is 18.0 Å². The van der Waals surface area contributed by atoms with Crippen molar-refractivity contribution in [2.24, 2.45) is 0 Å². The average molecular weight is 284 g/mol. The van der Waals surface area contributed by atoms with Gasteiger partial charge < -0.3 is 4.74 Å². The molecule has 5 nitrogen and oxygen atoms in total. The maximum Gasteiger partial charge on any atom is 0.307 e. The lowest BCUT2D eigenvalue weighted by molar-refractivity contribution is -0.144. The molecule has 0 aliphatic carbocycles. The topological polar surface area (TPSA) is 77.5 Å². The highest BCUT2D eigenvalue weighted by atomic mass is 32.2. The number of esters is 1. The molecule has 1 aromatic carbocycles. The molecule has 1 atom stereocenters. The summed E-state index contributed by atoms with van der Waals surface area (Å²) >= 11 is 0. The maximum absolute atomic E-state index is 12.3. The summed E-state index contributed by atoms with van der Waals surface area (Å²) < 4.78 is 29.3. The molecule has 0 heterocycles. The van der Waals surface area contributed by atoms with Crippen LogP contribution in [0, 0.1) is 0 Å². The predicted molar refractivity (Wildman–Crippen MR) is 69.3 cm³/mol. The van der Waals surface area contributed by atoms with Gasteiger partial charge in [-0.3, -0.25) is 9.59 Å². The molecule has 0 saturated heterocycles. The van der Waals surface area contributed by atoms with Gasteiger partial charge >= 0.3 is 5.97 Å². The second kappa shape index (κ2) is 6.47. The Morgan fingerprint density at radius 1 is 1.21 bits per heavy atom. The van der Waals surface area contributed by atoms with Crippen molar-refractivity contribution < 1.29 is 22.7 Å². The van der Waals surface area contributed by atoms with E-state index in [1.807, 2.05) is 0 Å². The van der Waals surface area contributed by atoms with E-state index in [1.165, 1.54) is 12.1 Å². The van der Waals surface area contributed by atoms with Gasteiger partial charge in [-0.15, -0.1) is 0 Å². The van der Waals surface area contributed by atoms with Crippen LogP contribution in [0.1, 0.15) is 20.3 Å². The molecule has 19 heavy (non-hydrogen) atoms. The van der Waals surface area contributed by atoms with Crippen LogP contribution in [0.25, 0.3) is 0 Å². The number of hydrogen-bond acceptors (Lipinski definition) is 5. The Bertz CT molecular complexity index is 548. The Labute approximate surface area is 112 Å². The Hall–Kier alpha value is -1.69. The van der Waals surface area contributed by atoms with Gasteiger partial charge in [0, 0.05) is 0 Å². The van der Waals surface area contributed by atoms with Gasteiger partial charge in [-0.25, -0.2) is 8.42 Å². The summed E-state index contributed by atoms with van der Waals surface area (Å²) in [6, 6.07) is 7.60. The predicted octanol–water partition coefficient (Wildman–Crippen LogP) is 1.37. The highest BCUT2D eigenvalue weighted by Gasteiger charge is 2.33. The van der Waals surface area contributed by atoms with E-state index in [1.54, 1.807) is 25.1 Å². The molecule has 0 aromatic heterocycles. The Kier molecular flexibility index (Phi) is 5.23. The second-order valence-electron chi connectivity index (χ2n) is 3.97. The maximum atomic E-state index is 12.3. The van der Waals surface area contributed by atoms with Crippen LogP contribution in [0.15, 0.2) is 35.2 Å². The van der Waals surface area contributed by atoms with Crippen LogP contribution < -0.4 is 0 Å². The van der Waals surface area contributed by atoms with Gasteiger partial charge in [-0.05, 0) is 26.0 Å². The summed E-state index contributed by atoms with van der Waals surface area (Å²) in [4.78, 5) is 22.9. The van der Waals surface area contributed by atoms with Gasteiger partial charge in [0.25, 0.3) is 0 Å².